The molecule has 1 aromatic heterocycles. The van der Waals surface area contributed by atoms with Gasteiger partial charge in [-0.15, -0.1) is 0 Å². The lowest BCUT2D eigenvalue weighted by Crippen LogP contribution is -2.34. The molecule has 4 nitrogen and oxygen atoms in total. The van der Waals surface area contributed by atoms with Crippen molar-refractivity contribution < 1.29 is 4.79 Å². The predicted octanol–water partition coefficient (Wildman–Crippen LogP) is 1.47. The number of hydrogen-bond donors (Lipinski definition) is 0. The van der Waals surface area contributed by atoms with Gasteiger partial charge in [0.05, 0.1) is 0 Å². The van der Waals surface area contributed by atoms with Crippen LogP contribution in [-0.4, -0.2) is 22.3 Å². The summed E-state index contributed by atoms with van der Waals surface area (Å²) in [4.78, 5) is 17.4. The van der Waals surface area contributed by atoms with Gasteiger partial charge in [-0.1, -0.05) is 6.07 Å². The Morgan fingerprint density at radius 3 is 3.12 bits per heavy atom. The number of carbonyl (C=O) groups excluding carboxylic acids is 1. The summed E-state index contributed by atoms with van der Waals surface area (Å²) in [5.41, 5.74) is 1.25. The van der Waals surface area contributed by atoms with E-state index in [4.69, 9.17) is 5.26 Å². The van der Waals surface area contributed by atoms with Crippen molar-refractivity contribution in [2.75, 3.05) is 6.54 Å². The molecule has 2 heterocycles. The fraction of sp³-hybridized carbons (Fsp3) is 0.417. The zero-order chi connectivity index (χ0) is 11.4. The summed E-state index contributed by atoms with van der Waals surface area (Å²) in [6.07, 6.45) is 4.25. The Morgan fingerprint density at radius 1 is 1.50 bits per heavy atom. The van der Waals surface area contributed by atoms with Crippen molar-refractivity contribution in [2.24, 2.45) is 0 Å². The fourth-order valence-corrected chi connectivity index (χ4v) is 1.90. The van der Waals surface area contributed by atoms with E-state index in [1.54, 1.807) is 17.2 Å². The van der Waals surface area contributed by atoms with Crippen LogP contribution in [0.15, 0.2) is 18.3 Å². The first-order chi connectivity index (χ1) is 7.81. The Balaban J connectivity index is 2.14. The number of carbonyl (C=O) groups is 1. The first-order valence-corrected chi connectivity index (χ1v) is 5.43. The Kier molecular flexibility index (Phi) is 3.16. The van der Waals surface area contributed by atoms with Crippen LogP contribution in [0.3, 0.4) is 0 Å². The maximum Gasteiger partial charge on any atom is 0.222 e. The lowest BCUT2D eigenvalue weighted by molar-refractivity contribution is -0.133. The van der Waals surface area contributed by atoms with Crippen molar-refractivity contribution in [3.63, 3.8) is 0 Å². The van der Waals surface area contributed by atoms with E-state index in [0.29, 0.717) is 18.7 Å². The SMILES string of the molecule is N#Cc1ncccc1CN1CCCCC1=O. The summed E-state index contributed by atoms with van der Waals surface area (Å²) in [7, 11) is 0. The maximum absolute atomic E-state index is 11.6. The minimum atomic E-state index is 0.180. The molecule has 2 rings (SSSR count). The number of aromatic nitrogens is 1. The molecule has 0 aliphatic carbocycles. The molecule has 0 radical (unpaired) electrons. The summed E-state index contributed by atoms with van der Waals surface area (Å²) in [6, 6.07) is 5.70. The number of nitriles is 1. The van der Waals surface area contributed by atoms with Gasteiger partial charge in [0, 0.05) is 31.3 Å². The van der Waals surface area contributed by atoms with E-state index in [0.717, 1.165) is 24.9 Å². The van der Waals surface area contributed by atoms with Gasteiger partial charge >= 0.3 is 0 Å². The second-order valence-electron chi connectivity index (χ2n) is 3.90. The largest absolute Gasteiger partial charge is 0.338 e. The van der Waals surface area contributed by atoms with E-state index in [9.17, 15) is 4.79 Å². The summed E-state index contributed by atoms with van der Waals surface area (Å²) in [6.45, 7) is 1.30. The Labute approximate surface area is 94.5 Å². The molecule has 4 heteroatoms. The third-order valence-corrected chi connectivity index (χ3v) is 2.78. The molecule has 0 N–H and O–H groups in total. The molecule has 1 aliphatic heterocycles. The third kappa shape index (κ3) is 2.19. The van der Waals surface area contributed by atoms with E-state index in [1.807, 2.05) is 6.07 Å². The molecular formula is C12H13N3O. The molecule has 0 spiro atoms. The molecule has 1 fully saturated rings. The van der Waals surface area contributed by atoms with Crippen LogP contribution in [0.1, 0.15) is 30.5 Å². The van der Waals surface area contributed by atoms with Crippen molar-refractivity contribution >= 4 is 5.91 Å². The maximum atomic E-state index is 11.6. The van der Waals surface area contributed by atoms with Crippen LogP contribution in [0.25, 0.3) is 0 Å². The number of likely N-dealkylation sites (tertiary alicyclic amines) is 1. The van der Waals surface area contributed by atoms with E-state index < -0.39 is 0 Å². The molecule has 0 atom stereocenters. The predicted molar refractivity (Wildman–Crippen MR) is 58.2 cm³/mol. The smallest absolute Gasteiger partial charge is 0.222 e. The standard InChI is InChI=1S/C12H13N3O/c13-8-11-10(4-3-6-14-11)9-15-7-2-1-5-12(15)16/h3-4,6H,1-2,5,7,9H2. The highest BCUT2D eigenvalue weighted by atomic mass is 16.2. The Hall–Kier alpha value is -1.89. The summed E-state index contributed by atoms with van der Waals surface area (Å²) in [5.74, 6) is 0.180. The molecule has 1 aromatic rings. The molecule has 0 saturated carbocycles. The second kappa shape index (κ2) is 4.75. The minimum Gasteiger partial charge on any atom is -0.338 e. The summed E-state index contributed by atoms with van der Waals surface area (Å²) >= 11 is 0. The molecule has 0 aromatic carbocycles. The van der Waals surface area contributed by atoms with Crippen LogP contribution in [0.2, 0.25) is 0 Å². The average molecular weight is 215 g/mol. The Morgan fingerprint density at radius 2 is 2.38 bits per heavy atom. The molecule has 0 bridgehead atoms. The molecule has 1 aliphatic rings. The van der Waals surface area contributed by atoms with Crippen molar-refractivity contribution in [3.05, 3.63) is 29.6 Å². The van der Waals surface area contributed by atoms with E-state index in [-0.39, 0.29) is 5.91 Å². The van der Waals surface area contributed by atoms with E-state index in [2.05, 4.69) is 11.1 Å². The van der Waals surface area contributed by atoms with Crippen LogP contribution in [0.5, 0.6) is 0 Å². The normalized spacial score (nSPS) is 15.9. The van der Waals surface area contributed by atoms with Crippen LogP contribution >= 0.6 is 0 Å². The number of rotatable bonds is 2. The molecule has 16 heavy (non-hydrogen) atoms. The van der Waals surface area contributed by atoms with Gasteiger partial charge in [-0.2, -0.15) is 5.26 Å². The van der Waals surface area contributed by atoms with Crippen molar-refractivity contribution in [1.82, 2.24) is 9.88 Å². The molecular weight excluding hydrogens is 202 g/mol. The van der Waals surface area contributed by atoms with Gasteiger partial charge in [0.15, 0.2) is 0 Å². The fourth-order valence-electron chi connectivity index (χ4n) is 1.90. The van der Waals surface area contributed by atoms with Gasteiger partial charge in [0.1, 0.15) is 11.8 Å². The highest BCUT2D eigenvalue weighted by Crippen LogP contribution is 2.15. The van der Waals surface area contributed by atoms with Gasteiger partial charge in [-0.05, 0) is 18.9 Å². The highest BCUT2D eigenvalue weighted by molar-refractivity contribution is 5.76. The van der Waals surface area contributed by atoms with Crippen molar-refractivity contribution in [1.29, 1.82) is 5.26 Å². The van der Waals surface area contributed by atoms with Crippen LogP contribution in [-0.2, 0) is 11.3 Å². The lowest BCUT2D eigenvalue weighted by Gasteiger charge is -2.26. The summed E-state index contributed by atoms with van der Waals surface area (Å²) in [5, 5.41) is 8.90. The van der Waals surface area contributed by atoms with Crippen molar-refractivity contribution in [2.45, 2.75) is 25.8 Å². The highest BCUT2D eigenvalue weighted by Gasteiger charge is 2.19. The molecule has 1 saturated heterocycles. The zero-order valence-electron chi connectivity index (χ0n) is 9.02. The monoisotopic (exact) mass is 215 g/mol. The first kappa shape index (κ1) is 10.6. The number of amides is 1. The van der Waals surface area contributed by atoms with E-state index >= 15 is 0 Å². The van der Waals surface area contributed by atoms with Crippen LogP contribution in [0.4, 0.5) is 0 Å². The lowest BCUT2D eigenvalue weighted by atomic mass is 10.1. The van der Waals surface area contributed by atoms with Crippen LogP contribution < -0.4 is 0 Å². The van der Waals surface area contributed by atoms with E-state index in [1.165, 1.54) is 0 Å². The van der Waals surface area contributed by atoms with Crippen molar-refractivity contribution in [3.8, 4) is 6.07 Å². The Bertz CT molecular complexity index is 436. The zero-order valence-corrected chi connectivity index (χ0v) is 9.02. The number of nitrogens with zero attached hydrogens (tertiary/aromatic N) is 3. The third-order valence-electron chi connectivity index (χ3n) is 2.78. The summed E-state index contributed by atoms with van der Waals surface area (Å²) < 4.78 is 0. The van der Waals surface area contributed by atoms with Gasteiger partial charge in [-0.3, -0.25) is 4.79 Å². The topological polar surface area (TPSA) is 57.0 Å². The van der Waals surface area contributed by atoms with Gasteiger partial charge in [0.2, 0.25) is 5.91 Å². The van der Waals surface area contributed by atoms with Gasteiger partial charge < -0.3 is 4.90 Å². The first-order valence-electron chi connectivity index (χ1n) is 5.43. The molecule has 1 amide bonds. The number of pyridine rings is 1. The average Bonchev–Trinajstić information content (AvgIpc) is 2.33. The minimum absolute atomic E-state index is 0.180. The number of hydrogen-bond acceptors (Lipinski definition) is 3. The van der Waals surface area contributed by atoms with Gasteiger partial charge in [-0.25, -0.2) is 4.98 Å². The van der Waals surface area contributed by atoms with Crippen LogP contribution in [0, 0.1) is 11.3 Å². The molecule has 82 valence electrons. The quantitative estimate of drug-likeness (QED) is 0.750. The number of piperidine rings is 1. The van der Waals surface area contributed by atoms with Gasteiger partial charge in [0.25, 0.3) is 0 Å². The molecule has 0 unspecified atom stereocenters. The second-order valence-corrected chi connectivity index (χ2v) is 3.90.